The predicted molar refractivity (Wildman–Crippen MR) is 204 cm³/mol. The van der Waals surface area contributed by atoms with Crippen LogP contribution in [0.3, 0.4) is 0 Å². The Bertz CT molecular complexity index is 3160. The van der Waals surface area contributed by atoms with Crippen molar-refractivity contribution in [2.75, 3.05) is 0 Å². The summed E-state index contributed by atoms with van der Waals surface area (Å²) in [4.78, 5) is 19.8. The summed E-state index contributed by atoms with van der Waals surface area (Å²) in [6.45, 7) is 0. The molecular weight excluding hydrogens is 613 g/mol. The molecule has 0 N–H and O–H groups in total. The van der Waals surface area contributed by atoms with Gasteiger partial charge in [-0.3, -0.25) is 14.5 Å². The van der Waals surface area contributed by atoms with Gasteiger partial charge in [-0.15, -0.1) is 0 Å². The number of para-hydroxylation sites is 1. The van der Waals surface area contributed by atoms with E-state index in [9.17, 15) is 0 Å². The van der Waals surface area contributed by atoms with Crippen molar-refractivity contribution < 1.29 is 0 Å². The molecule has 0 bridgehead atoms. The van der Waals surface area contributed by atoms with Crippen LogP contribution in [0.25, 0.3) is 99.1 Å². The second-order valence-corrected chi connectivity index (χ2v) is 12.8. The fraction of sp³-hybridized carbons (Fsp3) is 0. The number of pyridine rings is 2. The highest BCUT2D eigenvalue weighted by atomic mass is 15.1. The quantitative estimate of drug-likeness (QED) is 0.181. The van der Waals surface area contributed by atoms with Gasteiger partial charge in [0.1, 0.15) is 5.82 Å². The van der Waals surface area contributed by atoms with Crippen molar-refractivity contribution in [1.82, 2.24) is 29.1 Å². The predicted octanol–water partition coefficient (Wildman–Crippen LogP) is 10.6. The molecule has 0 fully saturated rings. The molecule has 50 heavy (non-hydrogen) atoms. The van der Waals surface area contributed by atoms with Crippen molar-refractivity contribution in [1.29, 1.82) is 0 Å². The third-order valence-electron chi connectivity index (χ3n) is 9.97. The molecule has 0 unspecified atom stereocenters. The Labute approximate surface area is 285 Å². The Balaban J connectivity index is 1.19. The zero-order chi connectivity index (χ0) is 32.8. The first-order chi connectivity index (χ1) is 24.8. The van der Waals surface area contributed by atoms with Crippen LogP contribution in [0, 0.1) is 0 Å². The lowest BCUT2D eigenvalue weighted by Crippen LogP contribution is -1.98. The molecule has 0 atom stereocenters. The van der Waals surface area contributed by atoms with E-state index in [2.05, 4.69) is 137 Å². The van der Waals surface area contributed by atoms with E-state index in [4.69, 9.17) is 19.9 Å². The van der Waals surface area contributed by atoms with Crippen molar-refractivity contribution in [2.45, 2.75) is 0 Å². The highest BCUT2D eigenvalue weighted by molar-refractivity contribution is 6.14. The molecule has 0 spiro atoms. The number of aromatic nitrogens is 6. The van der Waals surface area contributed by atoms with Crippen molar-refractivity contribution in [2.24, 2.45) is 0 Å². The van der Waals surface area contributed by atoms with Crippen molar-refractivity contribution in [3.8, 4) is 22.8 Å². The van der Waals surface area contributed by atoms with Crippen LogP contribution in [0.4, 0.5) is 0 Å². The van der Waals surface area contributed by atoms with Crippen LogP contribution in [-0.2, 0) is 0 Å². The van der Waals surface area contributed by atoms with Crippen molar-refractivity contribution in [3.63, 3.8) is 0 Å². The summed E-state index contributed by atoms with van der Waals surface area (Å²) < 4.78 is 4.60. The smallest absolute Gasteiger partial charge is 0.137 e. The molecule has 0 amide bonds. The average molecular weight is 639 g/mol. The third kappa shape index (κ3) is 3.96. The average Bonchev–Trinajstić information content (AvgIpc) is 3.67. The summed E-state index contributed by atoms with van der Waals surface area (Å²) in [7, 11) is 0. The zero-order valence-electron chi connectivity index (χ0n) is 26.7. The number of rotatable bonds is 3. The van der Waals surface area contributed by atoms with Gasteiger partial charge in [-0.1, -0.05) is 78.9 Å². The van der Waals surface area contributed by atoms with Gasteiger partial charge in [-0.25, -0.2) is 9.97 Å². The summed E-state index contributed by atoms with van der Waals surface area (Å²) in [5.74, 6) is 0.885. The van der Waals surface area contributed by atoms with Crippen LogP contribution in [0.1, 0.15) is 0 Å². The van der Waals surface area contributed by atoms with Crippen LogP contribution in [0.15, 0.2) is 158 Å². The summed E-state index contributed by atoms with van der Waals surface area (Å²) in [5.41, 5.74) is 9.75. The van der Waals surface area contributed by atoms with E-state index < -0.39 is 0 Å². The van der Waals surface area contributed by atoms with E-state index in [0.29, 0.717) is 0 Å². The summed E-state index contributed by atoms with van der Waals surface area (Å²) in [6, 6.07) is 49.2. The summed E-state index contributed by atoms with van der Waals surface area (Å²) in [6.07, 6.45) is 5.64. The van der Waals surface area contributed by atoms with Crippen molar-refractivity contribution in [3.05, 3.63) is 158 Å². The topological polar surface area (TPSA) is 61.4 Å². The summed E-state index contributed by atoms with van der Waals surface area (Å²) in [5, 5.41) is 8.14. The van der Waals surface area contributed by atoms with Gasteiger partial charge in [-0.05, 0) is 82.2 Å². The molecule has 6 aromatic carbocycles. The van der Waals surface area contributed by atoms with Gasteiger partial charge in [0, 0.05) is 39.8 Å². The van der Waals surface area contributed by atoms with Gasteiger partial charge in [0.2, 0.25) is 0 Å². The first-order valence-corrected chi connectivity index (χ1v) is 16.7. The Morgan fingerprint density at radius 3 is 1.94 bits per heavy atom. The van der Waals surface area contributed by atoms with E-state index in [1.807, 2.05) is 30.7 Å². The lowest BCUT2D eigenvalue weighted by atomic mass is 10.1. The van der Waals surface area contributed by atoms with Gasteiger partial charge >= 0.3 is 0 Å². The fourth-order valence-corrected chi connectivity index (χ4v) is 7.65. The van der Waals surface area contributed by atoms with Crippen LogP contribution in [0.5, 0.6) is 0 Å². The second-order valence-electron chi connectivity index (χ2n) is 12.8. The molecule has 6 nitrogen and oxygen atoms in total. The Kier molecular flexibility index (Phi) is 5.57. The van der Waals surface area contributed by atoms with Gasteiger partial charge in [0.25, 0.3) is 0 Å². The van der Waals surface area contributed by atoms with Crippen LogP contribution < -0.4 is 0 Å². The number of nitrogens with zero attached hydrogens (tertiary/aromatic N) is 6. The lowest BCUT2D eigenvalue weighted by molar-refractivity contribution is 1.08. The molecule has 0 aliphatic heterocycles. The first kappa shape index (κ1) is 27.1. The van der Waals surface area contributed by atoms with E-state index in [-0.39, 0.29) is 0 Å². The fourth-order valence-electron chi connectivity index (χ4n) is 7.65. The summed E-state index contributed by atoms with van der Waals surface area (Å²) >= 11 is 0. The molecule has 5 aromatic heterocycles. The van der Waals surface area contributed by atoms with E-state index >= 15 is 0 Å². The molecule has 0 aliphatic carbocycles. The lowest BCUT2D eigenvalue weighted by Gasteiger charge is -2.11. The molecule has 0 radical (unpaired) electrons. The van der Waals surface area contributed by atoms with Crippen LogP contribution in [0.2, 0.25) is 0 Å². The van der Waals surface area contributed by atoms with E-state index in [1.165, 1.54) is 21.5 Å². The number of benzene rings is 6. The highest BCUT2D eigenvalue weighted by Crippen LogP contribution is 2.38. The van der Waals surface area contributed by atoms with Crippen LogP contribution >= 0.6 is 0 Å². The number of hydrogen-bond donors (Lipinski definition) is 0. The number of hydrogen-bond acceptors (Lipinski definition) is 4. The highest BCUT2D eigenvalue weighted by Gasteiger charge is 2.19. The normalized spacial score (nSPS) is 12.0. The maximum absolute atomic E-state index is 5.13. The third-order valence-corrected chi connectivity index (χ3v) is 9.97. The molecule has 232 valence electrons. The minimum absolute atomic E-state index is 0.787. The van der Waals surface area contributed by atoms with Gasteiger partial charge in [0.05, 0.1) is 50.5 Å². The largest absolute Gasteiger partial charge is 0.307 e. The maximum atomic E-state index is 5.13. The molecule has 0 saturated heterocycles. The standard InChI is InChI=1S/C44H26N6/c1-4-12-30-22-40-35(19-27(30)9-1)44-42(23-31(25-47-44)38-26-46-36-20-28-10-2-3-11-29(28)21-37(36)48-38)49(40)32-16-17-34-33-13-5-6-14-39(33)50(41(34)24-32)43-15-7-8-18-45-43/h1-26H. The minimum atomic E-state index is 0.787. The SMILES string of the molecule is c1ccc(-n2c3ccccc3c3ccc(-n4c5cc6ccccc6cc5c5ncc(-c6cnc7cc8ccccc8cc7n6)cc54)cc32)nc1. The van der Waals surface area contributed by atoms with E-state index in [1.54, 1.807) is 0 Å². The molecule has 5 heterocycles. The monoisotopic (exact) mass is 638 g/mol. The Morgan fingerprint density at radius 2 is 1.12 bits per heavy atom. The zero-order valence-corrected chi connectivity index (χ0v) is 26.7. The Hall–Kier alpha value is -6.92. The molecule has 11 aromatic rings. The molecule has 0 saturated carbocycles. The molecule has 11 rings (SSSR count). The molecule has 0 aliphatic rings. The van der Waals surface area contributed by atoms with Crippen LogP contribution in [-0.4, -0.2) is 29.1 Å². The van der Waals surface area contributed by atoms with Gasteiger partial charge < -0.3 is 4.57 Å². The molecular formula is C44H26N6. The first-order valence-electron chi connectivity index (χ1n) is 16.7. The second kappa shape index (κ2) is 10.3. The van der Waals surface area contributed by atoms with Crippen molar-refractivity contribution >= 4 is 76.3 Å². The maximum Gasteiger partial charge on any atom is 0.137 e. The molecule has 6 heteroatoms. The Morgan fingerprint density at radius 1 is 0.420 bits per heavy atom. The van der Waals surface area contributed by atoms with Gasteiger partial charge in [-0.2, -0.15) is 0 Å². The number of fused-ring (bicyclic) bond motifs is 9. The van der Waals surface area contributed by atoms with Gasteiger partial charge in [0.15, 0.2) is 0 Å². The minimum Gasteiger partial charge on any atom is -0.307 e. The van der Waals surface area contributed by atoms with E-state index in [0.717, 1.165) is 77.5 Å².